The van der Waals surface area contributed by atoms with Crippen molar-refractivity contribution in [3.63, 3.8) is 0 Å². The number of carboxylic acid groups (broad SMARTS) is 1. The molecule has 0 radical (unpaired) electrons. The van der Waals surface area contributed by atoms with Crippen LogP contribution in [0.4, 0.5) is 14.5 Å². The number of aliphatic carboxylic acids is 1. The largest absolute Gasteiger partial charge is 0.544 e. The first kappa shape index (κ1) is 30.5. The molecule has 3 aromatic carbocycles. The van der Waals surface area contributed by atoms with E-state index in [-0.39, 0.29) is 17.7 Å². The lowest BCUT2D eigenvalue weighted by molar-refractivity contribution is -0.142. The van der Waals surface area contributed by atoms with Crippen LogP contribution in [-0.2, 0) is 9.22 Å². The molecule has 9 heteroatoms. The molecule has 0 bridgehead atoms. The van der Waals surface area contributed by atoms with Gasteiger partial charge in [-0.2, -0.15) is 0 Å². The van der Waals surface area contributed by atoms with Crippen LogP contribution in [0.5, 0.6) is 5.75 Å². The molecule has 0 spiro atoms. The van der Waals surface area contributed by atoms with E-state index in [2.05, 4.69) is 44.6 Å². The van der Waals surface area contributed by atoms with Crippen molar-refractivity contribution in [3.05, 3.63) is 95.6 Å². The minimum atomic E-state index is -2.00. The first-order valence-electron chi connectivity index (χ1n) is 13.2. The third-order valence-corrected chi connectivity index (χ3v) is 7.87. The van der Waals surface area contributed by atoms with E-state index < -0.39 is 34.6 Å². The van der Waals surface area contributed by atoms with E-state index in [1.807, 2.05) is 24.3 Å². The second-order valence-electron chi connectivity index (χ2n) is 11.7. The maximum atomic E-state index is 13.6. The highest BCUT2D eigenvalue weighted by molar-refractivity contribution is 6.70. The van der Waals surface area contributed by atoms with Crippen LogP contribution < -0.4 is 9.74 Å². The Kier molecular flexibility index (Phi) is 10.1. The van der Waals surface area contributed by atoms with Gasteiger partial charge in [0.15, 0.2) is 8.32 Å². The highest BCUT2D eigenvalue weighted by Crippen LogP contribution is 2.35. The Morgan fingerprint density at radius 3 is 1.77 bits per heavy atom. The Bertz CT molecular complexity index is 1210. The summed E-state index contributed by atoms with van der Waals surface area (Å²) in [5.74, 6) is -1.75. The van der Waals surface area contributed by atoms with E-state index in [1.54, 1.807) is 24.3 Å². The summed E-state index contributed by atoms with van der Waals surface area (Å²) in [5, 5.41) is 13.7. The van der Waals surface area contributed by atoms with Gasteiger partial charge >= 0.3 is 5.97 Å². The van der Waals surface area contributed by atoms with Crippen LogP contribution in [0.25, 0.3) is 0 Å². The molecular formula is C30H39F2NO4Si2. The van der Waals surface area contributed by atoms with Gasteiger partial charge in [-0.15, -0.1) is 0 Å². The van der Waals surface area contributed by atoms with Gasteiger partial charge in [0.2, 0.25) is 8.32 Å². The third kappa shape index (κ3) is 9.91. The van der Waals surface area contributed by atoms with Gasteiger partial charge < -0.3 is 19.3 Å². The lowest BCUT2D eigenvalue weighted by Crippen LogP contribution is -2.31. The number of benzene rings is 3. The number of hydrogen-bond donors (Lipinski definition) is 2. The Hall–Kier alpha value is -3.02. The molecule has 0 amide bonds. The topological polar surface area (TPSA) is 67.8 Å². The van der Waals surface area contributed by atoms with Crippen molar-refractivity contribution >= 4 is 28.3 Å². The molecule has 39 heavy (non-hydrogen) atoms. The second-order valence-corrected chi connectivity index (χ2v) is 20.6. The van der Waals surface area contributed by atoms with Gasteiger partial charge in [-0.25, -0.2) is 8.78 Å². The Morgan fingerprint density at radius 1 is 0.769 bits per heavy atom. The van der Waals surface area contributed by atoms with E-state index in [9.17, 15) is 18.7 Å². The number of carboxylic acids is 1. The first-order valence-corrected chi connectivity index (χ1v) is 20.0. The van der Waals surface area contributed by atoms with Gasteiger partial charge in [0, 0.05) is 5.69 Å². The Labute approximate surface area is 232 Å². The minimum absolute atomic E-state index is 0.299. The molecule has 3 atom stereocenters. The van der Waals surface area contributed by atoms with Crippen LogP contribution in [0.15, 0.2) is 72.8 Å². The van der Waals surface area contributed by atoms with Gasteiger partial charge in [0.05, 0.1) is 18.1 Å². The average Bonchev–Trinajstić information content (AvgIpc) is 2.83. The molecule has 0 unspecified atom stereocenters. The summed E-state index contributed by atoms with van der Waals surface area (Å²) >= 11 is 0. The van der Waals surface area contributed by atoms with Crippen molar-refractivity contribution < 1.29 is 27.5 Å². The maximum absolute atomic E-state index is 13.6. The van der Waals surface area contributed by atoms with Gasteiger partial charge in [0.25, 0.3) is 0 Å². The number of anilines is 1. The lowest BCUT2D eigenvalue weighted by atomic mass is 9.87. The molecule has 0 aliphatic carbocycles. The molecule has 0 aliphatic heterocycles. The zero-order valence-electron chi connectivity index (χ0n) is 23.5. The van der Waals surface area contributed by atoms with E-state index in [0.717, 1.165) is 16.9 Å². The van der Waals surface area contributed by atoms with E-state index in [4.69, 9.17) is 8.85 Å². The highest BCUT2D eigenvalue weighted by atomic mass is 28.4. The van der Waals surface area contributed by atoms with Crippen molar-refractivity contribution in [2.24, 2.45) is 5.92 Å². The van der Waals surface area contributed by atoms with Crippen LogP contribution in [0.2, 0.25) is 39.3 Å². The zero-order valence-corrected chi connectivity index (χ0v) is 25.5. The van der Waals surface area contributed by atoms with Crippen molar-refractivity contribution in [2.75, 3.05) is 5.32 Å². The Balaban J connectivity index is 1.92. The van der Waals surface area contributed by atoms with Gasteiger partial charge in [-0.3, -0.25) is 4.79 Å². The molecule has 5 nitrogen and oxygen atoms in total. The molecular weight excluding hydrogens is 533 g/mol. The zero-order chi connectivity index (χ0) is 28.8. The molecule has 0 saturated heterocycles. The van der Waals surface area contributed by atoms with Crippen LogP contribution in [-0.4, -0.2) is 27.7 Å². The number of rotatable bonds is 13. The van der Waals surface area contributed by atoms with Gasteiger partial charge in [0.1, 0.15) is 17.4 Å². The summed E-state index contributed by atoms with van der Waals surface area (Å²) in [5.41, 5.74) is 2.21. The van der Waals surface area contributed by atoms with Crippen molar-refractivity contribution in [3.8, 4) is 5.75 Å². The van der Waals surface area contributed by atoms with Crippen molar-refractivity contribution in [1.29, 1.82) is 0 Å². The van der Waals surface area contributed by atoms with E-state index in [0.29, 0.717) is 18.5 Å². The van der Waals surface area contributed by atoms with Crippen LogP contribution in [0, 0.1) is 17.6 Å². The number of carbonyl (C=O) groups is 1. The SMILES string of the molecule is C[Si](C)(C)Oc1ccc([C@@H](Nc2ccc(F)cc2)[C@@H](CC[C@H](O[Si](C)(C)C)c2ccc(F)cc2)C(=O)O)cc1. The lowest BCUT2D eigenvalue weighted by Gasteiger charge is -2.31. The van der Waals surface area contributed by atoms with Crippen molar-refractivity contribution in [1.82, 2.24) is 0 Å². The molecule has 3 rings (SSSR count). The predicted molar refractivity (Wildman–Crippen MR) is 157 cm³/mol. The smallest absolute Gasteiger partial charge is 0.308 e. The summed E-state index contributed by atoms with van der Waals surface area (Å²) in [6.07, 6.45) is 0.372. The summed E-state index contributed by atoms with van der Waals surface area (Å²) in [6, 6.07) is 18.9. The average molecular weight is 572 g/mol. The summed E-state index contributed by atoms with van der Waals surface area (Å²) in [6.45, 7) is 12.5. The summed E-state index contributed by atoms with van der Waals surface area (Å²) in [4.78, 5) is 12.7. The van der Waals surface area contributed by atoms with E-state index in [1.165, 1.54) is 24.3 Å². The fourth-order valence-corrected chi connectivity index (χ4v) is 6.35. The van der Waals surface area contributed by atoms with Gasteiger partial charge in [-0.1, -0.05) is 24.3 Å². The van der Waals surface area contributed by atoms with Crippen LogP contribution in [0.3, 0.4) is 0 Å². The summed E-state index contributed by atoms with van der Waals surface area (Å²) in [7, 11) is -3.81. The highest BCUT2D eigenvalue weighted by Gasteiger charge is 2.32. The number of nitrogens with one attached hydrogen (secondary N) is 1. The van der Waals surface area contributed by atoms with E-state index >= 15 is 0 Å². The second kappa shape index (κ2) is 12.9. The molecule has 0 aliphatic rings. The van der Waals surface area contributed by atoms with Crippen molar-refractivity contribution in [2.45, 2.75) is 64.3 Å². The minimum Gasteiger partial charge on any atom is -0.544 e. The number of halogens is 2. The quantitative estimate of drug-likeness (QED) is 0.202. The fourth-order valence-electron chi connectivity index (χ4n) is 4.40. The number of hydrogen-bond acceptors (Lipinski definition) is 4. The van der Waals surface area contributed by atoms with Crippen LogP contribution >= 0.6 is 0 Å². The Morgan fingerprint density at radius 2 is 1.28 bits per heavy atom. The predicted octanol–water partition coefficient (Wildman–Crippen LogP) is 8.41. The molecule has 0 heterocycles. The summed E-state index contributed by atoms with van der Waals surface area (Å²) < 4.78 is 39.7. The molecule has 0 aromatic heterocycles. The molecule has 0 saturated carbocycles. The fraction of sp³-hybridized carbons (Fsp3) is 0.367. The maximum Gasteiger partial charge on any atom is 0.308 e. The molecule has 2 N–H and O–H groups in total. The third-order valence-electron chi connectivity index (χ3n) is 6.03. The first-order chi connectivity index (χ1) is 18.2. The van der Waals surface area contributed by atoms with Crippen LogP contribution in [0.1, 0.15) is 36.1 Å². The normalized spacial score (nSPS) is 14.4. The monoisotopic (exact) mass is 571 g/mol. The van der Waals surface area contributed by atoms with Gasteiger partial charge in [-0.05, 0) is 112 Å². The molecule has 3 aromatic rings. The molecule has 210 valence electrons. The molecule has 0 fully saturated rings. The standard InChI is InChI=1S/C30H39F2NO4Si2/c1-38(2,3)36-26-17-9-22(10-18-26)29(33-25-15-13-24(32)14-16-25)27(30(34)35)19-20-28(37-39(4,5)6)21-7-11-23(31)12-8-21/h7-18,27-29,33H,19-20H2,1-6H3,(H,34,35)/t27-,28+,29-/m1/s1.